The fraction of sp³-hybridized carbons (Fsp3) is 0.500. The van der Waals surface area contributed by atoms with Gasteiger partial charge in [0.1, 0.15) is 0 Å². The summed E-state index contributed by atoms with van der Waals surface area (Å²) < 4.78 is 0. The van der Waals surface area contributed by atoms with Crippen LogP contribution in [0.5, 0.6) is 0 Å². The number of benzene rings is 3. The van der Waals surface area contributed by atoms with Gasteiger partial charge >= 0.3 is 0 Å². The van der Waals surface area contributed by atoms with Gasteiger partial charge in [0.15, 0.2) is 0 Å². The van der Waals surface area contributed by atoms with E-state index in [4.69, 9.17) is 11.6 Å². The second-order valence-corrected chi connectivity index (χ2v) is 12.3. The molecule has 43 heavy (non-hydrogen) atoms. The third-order valence-electron chi connectivity index (χ3n) is 8.72. The van der Waals surface area contributed by atoms with Crippen LogP contribution in [0.15, 0.2) is 79.0 Å². The lowest BCUT2D eigenvalue weighted by molar-refractivity contribution is 0.460. The maximum absolute atomic E-state index is 6.03. The van der Waals surface area contributed by atoms with Gasteiger partial charge in [-0.05, 0) is 129 Å². The number of rotatable bonds is 11. The fourth-order valence-corrected chi connectivity index (χ4v) is 6.41. The molecule has 0 amide bonds. The number of aryl methyl sites for hydroxylation is 4. The first-order valence-electron chi connectivity index (χ1n) is 17.2. The Labute approximate surface area is 268 Å². The summed E-state index contributed by atoms with van der Waals surface area (Å²) in [5, 5.41) is 4.30. The van der Waals surface area contributed by atoms with Gasteiger partial charge < -0.3 is 10.2 Å². The minimum Gasteiger partial charge on any atom is -0.345 e. The largest absolute Gasteiger partial charge is 0.345 e. The van der Waals surface area contributed by atoms with E-state index in [2.05, 4.69) is 85.2 Å². The van der Waals surface area contributed by atoms with E-state index in [1.807, 2.05) is 26.0 Å². The third kappa shape index (κ3) is 11.5. The Kier molecular flexibility index (Phi) is 16.0. The molecule has 2 heterocycles. The van der Waals surface area contributed by atoms with Gasteiger partial charge in [0.2, 0.25) is 0 Å². The Balaban J connectivity index is 0.000000242. The highest BCUT2D eigenvalue weighted by atomic mass is 35.5. The zero-order valence-electron chi connectivity index (χ0n) is 27.6. The predicted octanol–water partition coefficient (Wildman–Crippen LogP) is 11.1. The molecule has 0 saturated carbocycles. The van der Waals surface area contributed by atoms with Crippen molar-refractivity contribution >= 4 is 17.3 Å². The molecule has 3 aromatic carbocycles. The van der Waals surface area contributed by atoms with Crippen molar-refractivity contribution in [3.63, 3.8) is 0 Å². The maximum Gasteiger partial charge on any atom is 0.0443 e. The molecule has 1 fully saturated rings. The van der Waals surface area contributed by atoms with Gasteiger partial charge in [-0.1, -0.05) is 107 Å². The number of hydrogen-bond acceptors (Lipinski definition) is 2. The molecule has 5 rings (SSSR count). The van der Waals surface area contributed by atoms with E-state index in [1.165, 1.54) is 104 Å². The van der Waals surface area contributed by atoms with Crippen molar-refractivity contribution in [2.24, 2.45) is 0 Å². The average molecular weight is 601 g/mol. The summed E-state index contributed by atoms with van der Waals surface area (Å²) in [6, 6.07) is 24.6. The normalized spacial score (nSPS) is 14.7. The zero-order chi connectivity index (χ0) is 30.9. The summed E-state index contributed by atoms with van der Waals surface area (Å²) >= 11 is 6.03. The molecule has 0 atom stereocenters. The molecule has 2 nitrogen and oxygen atoms in total. The number of nitrogens with zero attached hydrogens (tertiary/aromatic N) is 1. The summed E-state index contributed by atoms with van der Waals surface area (Å²) in [4.78, 5) is 2.40. The lowest BCUT2D eigenvalue weighted by Crippen LogP contribution is -2.27. The molecule has 0 spiro atoms. The molecule has 234 valence electrons. The van der Waals surface area contributed by atoms with Crippen molar-refractivity contribution in [1.82, 2.24) is 5.32 Å². The van der Waals surface area contributed by atoms with Gasteiger partial charge in [-0.15, -0.1) is 0 Å². The zero-order valence-corrected chi connectivity index (χ0v) is 28.3. The van der Waals surface area contributed by atoms with Gasteiger partial charge in [0.05, 0.1) is 0 Å². The number of piperidine rings is 1. The SMILES string of the molecule is C=C1CCc2ccc(CC)cc2N1CCC.CC.Clc1cccc(CCCCCCc2ccc(C3CCNCC3)cc2)c1. The summed E-state index contributed by atoms with van der Waals surface area (Å²) in [7, 11) is 0. The minimum absolute atomic E-state index is 0.766. The highest BCUT2D eigenvalue weighted by Crippen LogP contribution is 2.33. The number of anilines is 1. The number of allylic oxidation sites excluding steroid dienone is 1. The van der Waals surface area contributed by atoms with E-state index in [1.54, 1.807) is 0 Å². The van der Waals surface area contributed by atoms with Crippen LogP contribution < -0.4 is 10.2 Å². The van der Waals surface area contributed by atoms with Gasteiger partial charge in [0, 0.05) is 23.0 Å². The lowest BCUT2D eigenvalue weighted by atomic mass is 9.89. The summed E-state index contributed by atoms with van der Waals surface area (Å²) in [5.74, 6) is 0.766. The fourth-order valence-electron chi connectivity index (χ4n) is 6.19. The standard InChI is InChI=1S/C23H30ClN.C15H21N.C2H6/c24-23-9-5-8-20(18-23)7-4-2-1-3-6-19-10-12-21(13-11-19)22-14-16-25-17-15-22;1-4-10-16-12(3)6-8-14-9-7-13(5-2)11-15(14)16;1-2/h5,8-13,18,22,25H,1-4,6-7,14-17H2;7,9,11H,3-6,8,10H2,1-2H3;1-2H3. The van der Waals surface area contributed by atoms with Crippen molar-refractivity contribution in [2.45, 2.75) is 111 Å². The van der Waals surface area contributed by atoms with Crippen LogP contribution in [0.4, 0.5) is 5.69 Å². The minimum atomic E-state index is 0.766. The van der Waals surface area contributed by atoms with Crippen molar-refractivity contribution < 1.29 is 0 Å². The molecule has 2 aliphatic heterocycles. The molecular formula is C40H57ClN2. The van der Waals surface area contributed by atoms with Crippen molar-refractivity contribution in [3.05, 3.63) is 112 Å². The number of halogens is 1. The first kappa shape index (κ1) is 34.9. The van der Waals surface area contributed by atoms with E-state index in [0.717, 1.165) is 43.2 Å². The van der Waals surface area contributed by atoms with E-state index < -0.39 is 0 Å². The van der Waals surface area contributed by atoms with Crippen LogP contribution in [0.1, 0.15) is 113 Å². The molecule has 3 aromatic rings. The van der Waals surface area contributed by atoms with E-state index in [-0.39, 0.29) is 0 Å². The monoisotopic (exact) mass is 600 g/mol. The van der Waals surface area contributed by atoms with E-state index >= 15 is 0 Å². The highest BCUT2D eigenvalue weighted by Gasteiger charge is 2.19. The van der Waals surface area contributed by atoms with E-state index in [0.29, 0.717) is 0 Å². The number of hydrogen-bond donors (Lipinski definition) is 1. The van der Waals surface area contributed by atoms with Crippen molar-refractivity contribution in [1.29, 1.82) is 0 Å². The van der Waals surface area contributed by atoms with Gasteiger partial charge in [-0.25, -0.2) is 0 Å². The van der Waals surface area contributed by atoms with Crippen molar-refractivity contribution in [3.8, 4) is 0 Å². The van der Waals surface area contributed by atoms with Gasteiger partial charge in [0.25, 0.3) is 0 Å². The number of nitrogens with one attached hydrogen (secondary N) is 1. The number of fused-ring (bicyclic) bond motifs is 1. The average Bonchev–Trinajstić information content (AvgIpc) is 3.06. The summed E-state index contributed by atoms with van der Waals surface area (Å²) in [6.07, 6.45) is 14.6. The van der Waals surface area contributed by atoms with Crippen LogP contribution in [0.3, 0.4) is 0 Å². The lowest BCUT2D eigenvalue weighted by Gasteiger charge is -2.33. The topological polar surface area (TPSA) is 15.3 Å². The second-order valence-electron chi connectivity index (χ2n) is 11.8. The molecule has 2 aliphatic rings. The summed E-state index contributed by atoms with van der Waals surface area (Å²) in [5.41, 5.74) is 9.98. The molecule has 1 saturated heterocycles. The van der Waals surface area contributed by atoms with Gasteiger partial charge in [-0.2, -0.15) is 0 Å². The highest BCUT2D eigenvalue weighted by molar-refractivity contribution is 6.30. The molecule has 0 bridgehead atoms. The van der Waals surface area contributed by atoms with E-state index in [9.17, 15) is 0 Å². The third-order valence-corrected chi connectivity index (χ3v) is 8.96. The first-order valence-corrected chi connectivity index (χ1v) is 17.6. The quantitative estimate of drug-likeness (QED) is 0.220. The molecule has 0 unspecified atom stereocenters. The molecule has 0 radical (unpaired) electrons. The van der Waals surface area contributed by atoms with Gasteiger partial charge in [-0.3, -0.25) is 0 Å². The maximum atomic E-state index is 6.03. The number of unbranched alkanes of at least 4 members (excludes halogenated alkanes) is 3. The Morgan fingerprint density at radius 3 is 2.12 bits per heavy atom. The van der Waals surface area contributed by atoms with Crippen LogP contribution in [0.25, 0.3) is 0 Å². The second kappa shape index (κ2) is 19.7. The summed E-state index contributed by atoms with van der Waals surface area (Å²) in [6.45, 7) is 16.1. The van der Waals surface area contributed by atoms with Crippen LogP contribution in [0.2, 0.25) is 5.02 Å². The first-order chi connectivity index (χ1) is 21.1. The molecule has 0 aromatic heterocycles. The van der Waals surface area contributed by atoms with Crippen LogP contribution in [-0.2, 0) is 25.7 Å². The van der Waals surface area contributed by atoms with Crippen LogP contribution in [-0.4, -0.2) is 19.6 Å². The Morgan fingerprint density at radius 2 is 1.47 bits per heavy atom. The van der Waals surface area contributed by atoms with Crippen molar-refractivity contribution in [2.75, 3.05) is 24.5 Å². The Morgan fingerprint density at radius 1 is 0.791 bits per heavy atom. The predicted molar refractivity (Wildman–Crippen MR) is 191 cm³/mol. The molecule has 3 heteroatoms. The Bertz CT molecular complexity index is 1210. The van der Waals surface area contributed by atoms with Crippen LogP contribution >= 0.6 is 11.6 Å². The Hall–Kier alpha value is -2.55. The molecular weight excluding hydrogens is 544 g/mol. The van der Waals surface area contributed by atoms with Crippen LogP contribution in [0, 0.1) is 0 Å². The smallest absolute Gasteiger partial charge is 0.0443 e. The molecule has 0 aliphatic carbocycles. The molecule has 1 N–H and O–H groups in total.